The summed E-state index contributed by atoms with van der Waals surface area (Å²) in [5.41, 5.74) is 0. The summed E-state index contributed by atoms with van der Waals surface area (Å²) < 4.78 is 16.9. The minimum atomic E-state index is -0.807. The van der Waals surface area contributed by atoms with Crippen LogP contribution in [0, 0.1) is 0 Å². The molecule has 0 aliphatic heterocycles. The summed E-state index contributed by atoms with van der Waals surface area (Å²) in [6.45, 7) is 6.50. The van der Waals surface area contributed by atoms with Gasteiger partial charge in [0.2, 0.25) is 0 Å². The van der Waals surface area contributed by atoms with Gasteiger partial charge in [0.1, 0.15) is 13.2 Å². The van der Waals surface area contributed by atoms with Gasteiger partial charge in [-0.1, -0.05) is 318 Å². The Morgan fingerprint density at radius 1 is 0.259 bits per heavy atom. The minimum Gasteiger partial charge on any atom is -0.462 e. The molecule has 81 heavy (non-hydrogen) atoms. The summed E-state index contributed by atoms with van der Waals surface area (Å²) in [5, 5.41) is 0. The Morgan fingerprint density at radius 3 is 0.840 bits per heavy atom. The number of unbranched alkanes of at least 4 members (excludes halogenated alkanes) is 39. The Kier molecular flexibility index (Phi) is 66.2. The summed E-state index contributed by atoms with van der Waals surface area (Å²) in [4.78, 5) is 38.4. The minimum absolute atomic E-state index is 0.0964. The molecule has 1 atom stereocenters. The monoisotopic (exact) mass is 1130 g/mol. The lowest BCUT2D eigenvalue weighted by molar-refractivity contribution is -0.166. The van der Waals surface area contributed by atoms with E-state index in [4.69, 9.17) is 14.2 Å². The molecule has 0 amide bonds. The molecule has 6 nitrogen and oxygen atoms in total. The van der Waals surface area contributed by atoms with Gasteiger partial charge in [0.25, 0.3) is 0 Å². The second kappa shape index (κ2) is 69.1. The van der Waals surface area contributed by atoms with Crippen LogP contribution in [0.2, 0.25) is 0 Å². The average Bonchev–Trinajstić information content (AvgIpc) is 3.46. The highest BCUT2D eigenvalue weighted by Gasteiger charge is 2.19. The SMILES string of the molecule is CC/C=C\C/C=C\C/C=C\C/C=C\CCC(=O)OCC(COC(=O)CCCCCCCCCCCCCCCCC/C=C\C/C=C\CCCCCCC)OC(=O)CCCCCCCCCCCCC/C=C\CCCCCCCCCC. The van der Waals surface area contributed by atoms with Crippen molar-refractivity contribution < 1.29 is 28.6 Å². The second-order valence-corrected chi connectivity index (χ2v) is 23.4. The molecule has 0 heterocycles. The third-order valence-corrected chi connectivity index (χ3v) is 15.4. The smallest absolute Gasteiger partial charge is 0.306 e. The maximum Gasteiger partial charge on any atom is 0.306 e. The topological polar surface area (TPSA) is 78.9 Å². The van der Waals surface area contributed by atoms with E-state index in [0.717, 1.165) is 70.6 Å². The van der Waals surface area contributed by atoms with E-state index in [1.165, 1.54) is 238 Å². The molecular formula is C75H132O6. The van der Waals surface area contributed by atoms with Crippen LogP contribution in [0.1, 0.15) is 355 Å². The number of hydrogen-bond donors (Lipinski definition) is 0. The Hall–Kier alpha value is -3.41. The van der Waals surface area contributed by atoms with Gasteiger partial charge in [-0.05, 0) is 103 Å². The molecule has 1 unspecified atom stereocenters. The molecule has 0 fully saturated rings. The summed E-state index contributed by atoms with van der Waals surface area (Å²) >= 11 is 0. The molecule has 0 saturated heterocycles. The molecule has 0 N–H and O–H groups in total. The van der Waals surface area contributed by atoms with E-state index in [0.29, 0.717) is 19.3 Å². The normalized spacial score (nSPS) is 12.6. The van der Waals surface area contributed by atoms with Crippen LogP contribution in [0.25, 0.3) is 0 Å². The van der Waals surface area contributed by atoms with Gasteiger partial charge >= 0.3 is 17.9 Å². The van der Waals surface area contributed by atoms with Gasteiger partial charge in [-0.25, -0.2) is 0 Å². The van der Waals surface area contributed by atoms with Crippen molar-refractivity contribution in [3.05, 3.63) is 85.1 Å². The fourth-order valence-corrected chi connectivity index (χ4v) is 10.1. The summed E-state index contributed by atoms with van der Waals surface area (Å²) in [6.07, 6.45) is 92.1. The first-order valence-electron chi connectivity index (χ1n) is 35.1. The Morgan fingerprint density at radius 2 is 0.506 bits per heavy atom. The van der Waals surface area contributed by atoms with Crippen molar-refractivity contribution in [2.75, 3.05) is 13.2 Å². The molecule has 0 spiro atoms. The summed E-state index contributed by atoms with van der Waals surface area (Å²) in [6, 6.07) is 0. The highest BCUT2D eigenvalue weighted by molar-refractivity contribution is 5.71. The molecule has 0 aromatic heterocycles. The number of carbonyl (C=O) groups excluding carboxylic acids is 3. The molecule has 468 valence electrons. The van der Waals surface area contributed by atoms with Gasteiger partial charge < -0.3 is 14.2 Å². The van der Waals surface area contributed by atoms with E-state index in [9.17, 15) is 14.4 Å². The van der Waals surface area contributed by atoms with E-state index >= 15 is 0 Å². The first kappa shape index (κ1) is 77.6. The zero-order valence-electron chi connectivity index (χ0n) is 53.8. The van der Waals surface area contributed by atoms with E-state index < -0.39 is 6.10 Å². The van der Waals surface area contributed by atoms with Crippen LogP contribution in [-0.2, 0) is 28.6 Å². The Bertz CT molecular complexity index is 1530. The van der Waals surface area contributed by atoms with Crippen molar-refractivity contribution in [1.82, 2.24) is 0 Å². The zero-order valence-corrected chi connectivity index (χ0v) is 53.8. The number of ether oxygens (including phenoxy) is 3. The van der Waals surface area contributed by atoms with Crippen molar-refractivity contribution in [3.8, 4) is 0 Å². The molecule has 0 bridgehead atoms. The molecular weight excluding hydrogens is 997 g/mol. The van der Waals surface area contributed by atoms with Gasteiger partial charge in [-0.2, -0.15) is 0 Å². The van der Waals surface area contributed by atoms with Crippen molar-refractivity contribution in [3.63, 3.8) is 0 Å². The second-order valence-electron chi connectivity index (χ2n) is 23.4. The first-order valence-corrected chi connectivity index (χ1v) is 35.1. The van der Waals surface area contributed by atoms with Crippen LogP contribution in [0.5, 0.6) is 0 Å². The van der Waals surface area contributed by atoms with Gasteiger partial charge in [-0.3, -0.25) is 14.4 Å². The molecule has 0 radical (unpaired) electrons. The Labute approximate surface area is 503 Å². The van der Waals surface area contributed by atoms with E-state index in [2.05, 4.69) is 99.8 Å². The van der Waals surface area contributed by atoms with Gasteiger partial charge in [0.05, 0.1) is 0 Å². The predicted molar refractivity (Wildman–Crippen MR) is 353 cm³/mol. The van der Waals surface area contributed by atoms with Gasteiger partial charge in [-0.15, -0.1) is 0 Å². The fraction of sp³-hybridized carbons (Fsp3) is 0.773. The van der Waals surface area contributed by atoms with Crippen LogP contribution >= 0.6 is 0 Å². The quantitative estimate of drug-likeness (QED) is 0.0261. The molecule has 0 rings (SSSR count). The van der Waals surface area contributed by atoms with Crippen LogP contribution in [0.3, 0.4) is 0 Å². The van der Waals surface area contributed by atoms with Crippen LogP contribution in [-0.4, -0.2) is 37.2 Å². The van der Waals surface area contributed by atoms with Gasteiger partial charge in [0.15, 0.2) is 6.10 Å². The van der Waals surface area contributed by atoms with Gasteiger partial charge in [0, 0.05) is 19.3 Å². The van der Waals surface area contributed by atoms with E-state index in [1.807, 2.05) is 6.08 Å². The Balaban J connectivity index is 4.28. The van der Waals surface area contributed by atoms with Crippen molar-refractivity contribution >= 4 is 17.9 Å². The lowest BCUT2D eigenvalue weighted by Crippen LogP contribution is -2.30. The van der Waals surface area contributed by atoms with Crippen LogP contribution in [0.4, 0.5) is 0 Å². The largest absolute Gasteiger partial charge is 0.462 e. The highest BCUT2D eigenvalue weighted by atomic mass is 16.6. The molecule has 0 saturated carbocycles. The first-order chi connectivity index (χ1) is 40.0. The number of allylic oxidation sites excluding steroid dienone is 14. The lowest BCUT2D eigenvalue weighted by Gasteiger charge is -2.18. The number of carbonyl (C=O) groups is 3. The summed E-state index contributed by atoms with van der Waals surface area (Å²) in [7, 11) is 0. The summed E-state index contributed by atoms with van der Waals surface area (Å²) in [5.74, 6) is -0.966. The number of esters is 3. The van der Waals surface area contributed by atoms with Crippen molar-refractivity contribution in [2.45, 2.75) is 361 Å². The van der Waals surface area contributed by atoms with E-state index in [1.54, 1.807) is 0 Å². The maximum atomic E-state index is 12.9. The standard InChI is InChI=1S/C75H132O6/c1-4-7-10-13-16-19-22-25-27-29-31-33-35-36-37-38-40-41-43-45-47-50-53-56-59-62-65-68-74(77)80-71-72(70-79-73(76)67-64-61-58-55-52-49-24-21-18-15-12-9-6-3)81-75(78)69-66-63-60-57-54-51-48-46-44-42-39-34-32-30-28-26-23-20-17-14-11-8-5-2/h9,12,18,21-22,25,29-32,49,52,58,61,72H,4-8,10-11,13-17,19-20,23-24,26-28,33-48,50-51,53-57,59-60,62-71H2,1-3H3/b12-9-,21-18-,25-22-,31-29-,32-30-,52-49-,61-58-. The molecule has 0 aromatic carbocycles. The zero-order chi connectivity index (χ0) is 58.5. The van der Waals surface area contributed by atoms with Crippen LogP contribution < -0.4 is 0 Å². The maximum absolute atomic E-state index is 12.9. The van der Waals surface area contributed by atoms with E-state index in [-0.39, 0.29) is 37.5 Å². The van der Waals surface area contributed by atoms with Crippen molar-refractivity contribution in [1.29, 1.82) is 0 Å². The predicted octanol–water partition coefficient (Wildman–Crippen LogP) is 24.2. The van der Waals surface area contributed by atoms with Crippen LogP contribution in [0.15, 0.2) is 85.1 Å². The molecule has 0 aromatic rings. The molecule has 6 heteroatoms. The molecule has 0 aliphatic rings. The van der Waals surface area contributed by atoms with Crippen molar-refractivity contribution in [2.24, 2.45) is 0 Å². The fourth-order valence-electron chi connectivity index (χ4n) is 10.1. The third-order valence-electron chi connectivity index (χ3n) is 15.4. The number of hydrogen-bond acceptors (Lipinski definition) is 6. The average molecular weight is 1130 g/mol. The third kappa shape index (κ3) is 67.3. The highest BCUT2D eigenvalue weighted by Crippen LogP contribution is 2.17. The molecule has 0 aliphatic carbocycles. The number of rotatable bonds is 64. The lowest BCUT2D eigenvalue weighted by atomic mass is 10.0.